The highest BCUT2D eigenvalue weighted by atomic mass is 35.5. The van der Waals surface area contributed by atoms with Crippen molar-refractivity contribution >= 4 is 21.6 Å². The molecule has 0 heterocycles. The summed E-state index contributed by atoms with van der Waals surface area (Å²) in [6, 6.07) is 3.82. The first-order valence-corrected chi connectivity index (χ1v) is 8.86. The second kappa shape index (κ2) is 6.60. The SMILES string of the molecule is O=S(=O)(NCC1(O)CCCCCC1)c1cccc(Cl)c1F. The maximum Gasteiger partial charge on any atom is 0.243 e. The largest absolute Gasteiger partial charge is 0.389 e. The van der Waals surface area contributed by atoms with Crippen molar-refractivity contribution in [3.63, 3.8) is 0 Å². The standard InChI is InChI=1S/C14H19ClFNO3S/c15-11-6-5-7-12(13(11)16)21(19,20)17-10-14(18)8-3-1-2-4-9-14/h5-7,17-18H,1-4,8-10H2. The molecule has 7 heteroatoms. The van der Waals surface area contributed by atoms with Gasteiger partial charge in [0.05, 0.1) is 10.6 Å². The van der Waals surface area contributed by atoms with Crippen LogP contribution >= 0.6 is 11.6 Å². The van der Waals surface area contributed by atoms with Crippen molar-refractivity contribution in [2.75, 3.05) is 6.54 Å². The Morgan fingerprint density at radius 2 is 1.86 bits per heavy atom. The molecular formula is C14H19ClFNO3S. The van der Waals surface area contributed by atoms with E-state index in [1.54, 1.807) is 0 Å². The van der Waals surface area contributed by atoms with Gasteiger partial charge in [-0.05, 0) is 25.0 Å². The van der Waals surface area contributed by atoms with E-state index in [0.717, 1.165) is 31.7 Å². The van der Waals surface area contributed by atoms with Crippen molar-refractivity contribution in [2.24, 2.45) is 0 Å². The van der Waals surface area contributed by atoms with Gasteiger partial charge in [0.2, 0.25) is 10.0 Å². The number of rotatable bonds is 4. The molecule has 0 aliphatic heterocycles. The molecule has 0 radical (unpaired) electrons. The van der Waals surface area contributed by atoms with Crippen molar-refractivity contribution in [3.05, 3.63) is 29.0 Å². The molecule has 0 spiro atoms. The Kier molecular flexibility index (Phi) is 5.24. The Labute approximate surface area is 129 Å². The molecule has 0 atom stereocenters. The lowest BCUT2D eigenvalue weighted by molar-refractivity contribution is 0.0303. The van der Waals surface area contributed by atoms with Crippen LogP contribution in [0.15, 0.2) is 23.1 Å². The Bertz CT molecular complexity index is 598. The predicted molar refractivity (Wildman–Crippen MR) is 79.3 cm³/mol. The van der Waals surface area contributed by atoms with Gasteiger partial charge >= 0.3 is 0 Å². The Hall–Kier alpha value is -0.690. The van der Waals surface area contributed by atoms with Crippen LogP contribution in [0.3, 0.4) is 0 Å². The molecule has 1 fully saturated rings. The van der Waals surface area contributed by atoms with E-state index in [9.17, 15) is 17.9 Å². The van der Waals surface area contributed by atoms with E-state index >= 15 is 0 Å². The normalized spacial score (nSPS) is 19.2. The minimum Gasteiger partial charge on any atom is -0.389 e. The number of hydrogen-bond acceptors (Lipinski definition) is 3. The van der Waals surface area contributed by atoms with Gasteiger partial charge in [-0.15, -0.1) is 0 Å². The summed E-state index contributed by atoms with van der Waals surface area (Å²) in [6.07, 6.45) is 4.91. The summed E-state index contributed by atoms with van der Waals surface area (Å²) in [6.45, 7) is -0.110. The van der Waals surface area contributed by atoms with Gasteiger partial charge in [0, 0.05) is 6.54 Å². The average Bonchev–Trinajstić information content (AvgIpc) is 2.65. The van der Waals surface area contributed by atoms with Crippen molar-refractivity contribution < 1.29 is 17.9 Å². The minimum atomic E-state index is -4.03. The maximum absolute atomic E-state index is 13.8. The molecule has 21 heavy (non-hydrogen) atoms. The first kappa shape index (κ1) is 16.7. The van der Waals surface area contributed by atoms with Gasteiger partial charge in [-0.1, -0.05) is 43.4 Å². The summed E-state index contributed by atoms with van der Waals surface area (Å²) >= 11 is 5.60. The summed E-state index contributed by atoms with van der Waals surface area (Å²) in [4.78, 5) is -0.493. The molecular weight excluding hydrogens is 317 g/mol. The number of hydrogen-bond donors (Lipinski definition) is 2. The van der Waals surface area contributed by atoms with Gasteiger partial charge in [-0.3, -0.25) is 0 Å². The van der Waals surface area contributed by atoms with Crippen molar-refractivity contribution in [1.82, 2.24) is 4.72 Å². The van der Waals surface area contributed by atoms with E-state index in [1.807, 2.05) is 0 Å². The van der Waals surface area contributed by atoms with Crippen LogP contribution in [0.2, 0.25) is 5.02 Å². The molecule has 4 nitrogen and oxygen atoms in total. The zero-order valence-electron chi connectivity index (χ0n) is 11.6. The van der Waals surface area contributed by atoms with Crippen LogP contribution in [0.1, 0.15) is 38.5 Å². The lowest BCUT2D eigenvalue weighted by Gasteiger charge is -2.26. The van der Waals surface area contributed by atoms with Gasteiger partial charge < -0.3 is 5.11 Å². The average molecular weight is 336 g/mol. The van der Waals surface area contributed by atoms with Gasteiger partial charge in [0.25, 0.3) is 0 Å². The third kappa shape index (κ3) is 4.16. The minimum absolute atomic E-state index is 0.110. The summed E-state index contributed by atoms with van der Waals surface area (Å²) in [5.74, 6) is -0.973. The highest BCUT2D eigenvalue weighted by Crippen LogP contribution is 2.27. The van der Waals surface area contributed by atoms with Crippen LogP contribution in [-0.4, -0.2) is 25.7 Å². The number of nitrogens with one attached hydrogen (secondary N) is 1. The van der Waals surface area contributed by atoms with E-state index < -0.39 is 26.3 Å². The molecule has 1 aliphatic rings. The number of benzene rings is 1. The van der Waals surface area contributed by atoms with E-state index in [2.05, 4.69) is 4.72 Å². The quantitative estimate of drug-likeness (QED) is 0.831. The van der Waals surface area contributed by atoms with Gasteiger partial charge in [0.15, 0.2) is 5.82 Å². The van der Waals surface area contributed by atoms with Crippen LogP contribution in [0.4, 0.5) is 4.39 Å². The van der Waals surface area contributed by atoms with Crippen molar-refractivity contribution in [1.29, 1.82) is 0 Å². The molecule has 0 aromatic heterocycles. The topological polar surface area (TPSA) is 66.4 Å². The Morgan fingerprint density at radius 1 is 1.24 bits per heavy atom. The molecule has 0 unspecified atom stereocenters. The van der Waals surface area contributed by atoms with Crippen LogP contribution in [-0.2, 0) is 10.0 Å². The van der Waals surface area contributed by atoms with E-state index in [-0.39, 0.29) is 11.6 Å². The van der Waals surface area contributed by atoms with Crippen LogP contribution in [0, 0.1) is 5.82 Å². The molecule has 0 saturated heterocycles. The second-order valence-electron chi connectivity index (χ2n) is 5.52. The fourth-order valence-corrected chi connectivity index (χ4v) is 4.01. The third-order valence-electron chi connectivity index (χ3n) is 3.83. The molecule has 0 amide bonds. The Morgan fingerprint density at radius 3 is 2.48 bits per heavy atom. The maximum atomic E-state index is 13.8. The first-order valence-electron chi connectivity index (χ1n) is 7.00. The summed E-state index contributed by atoms with van der Waals surface area (Å²) < 4.78 is 40.4. The van der Waals surface area contributed by atoms with Gasteiger partial charge in [-0.25, -0.2) is 17.5 Å². The molecule has 118 valence electrons. The van der Waals surface area contributed by atoms with E-state index in [4.69, 9.17) is 11.6 Å². The lowest BCUT2D eigenvalue weighted by Crippen LogP contribution is -2.42. The van der Waals surface area contributed by atoms with Crippen molar-refractivity contribution in [2.45, 2.75) is 49.0 Å². The van der Waals surface area contributed by atoms with Crippen molar-refractivity contribution in [3.8, 4) is 0 Å². The zero-order chi connectivity index (χ0) is 15.5. The molecule has 2 rings (SSSR count). The van der Waals surface area contributed by atoms with Gasteiger partial charge in [-0.2, -0.15) is 0 Å². The molecule has 0 bridgehead atoms. The van der Waals surface area contributed by atoms with Crippen LogP contribution in [0.25, 0.3) is 0 Å². The lowest BCUT2D eigenvalue weighted by atomic mass is 9.95. The molecule has 1 saturated carbocycles. The summed E-state index contributed by atoms with van der Waals surface area (Å²) in [5.41, 5.74) is -1.06. The summed E-state index contributed by atoms with van der Waals surface area (Å²) in [5, 5.41) is 10.2. The molecule has 1 aromatic carbocycles. The predicted octanol–water partition coefficient (Wildman–Crippen LogP) is 2.84. The number of halogens is 2. The van der Waals surface area contributed by atoms with Crippen LogP contribution < -0.4 is 4.72 Å². The molecule has 2 N–H and O–H groups in total. The Balaban J connectivity index is 2.12. The monoisotopic (exact) mass is 335 g/mol. The fourth-order valence-electron chi connectivity index (χ4n) is 2.56. The third-order valence-corrected chi connectivity index (χ3v) is 5.54. The van der Waals surface area contributed by atoms with E-state index in [0.29, 0.717) is 12.8 Å². The fraction of sp³-hybridized carbons (Fsp3) is 0.571. The molecule has 1 aromatic rings. The number of aliphatic hydroxyl groups is 1. The summed E-state index contributed by atoms with van der Waals surface area (Å²) in [7, 11) is -4.03. The second-order valence-corrected chi connectivity index (χ2v) is 7.66. The highest BCUT2D eigenvalue weighted by molar-refractivity contribution is 7.89. The van der Waals surface area contributed by atoms with Gasteiger partial charge in [0.1, 0.15) is 4.90 Å². The van der Waals surface area contributed by atoms with Crippen LogP contribution in [0.5, 0.6) is 0 Å². The zero-order valence-corrected chi connectivity index (χ0v) is 13.2. The smallest absolute Gasteiger partial charge is 0.243 e. The first-order chi connectivity index (χ1) is 9.84. The molecule has 1 aliphatic carbocycles. The van der Waals surface area contributed by atoms with E-state index in [1.165, 1.54) is 12.1 Å². The number of sulfonamides is 1. The highest BCUT2D eigenvalue weighted by Gasteiger charge is 2.30.